The summed E-state index contributed by atoms with van der Waals surface area (Å²) in [7, 11) is 4.27. The number of methoxy groups -OCH3 is 1. The van der Waals surface area contributed by atoms with Crippen molar-refractivity contribution < 1.29 is 81.0 Å². The summed E-state index contributed by atoms with van der Waals surface area (Å²) >= 11 is 0. The van der Waals surface area contributed by atoms with E-state index in [1.165, 1.54) is 33.0 Å². The quantitative estimate of drug-likeness (QED) is 0.0433. The zero-order valence-electron chi connectivity index (χ0n) is 51.3. The van der Waals surface area contributed by atoms with Crippen molar-refractivity contribution >= 4 is 54.0 Å². The van der Waals surface area contributed by atoms with Crippen molar-refractivity contribution in [1.29, 1.82) is 0 Å². The molecule has 1 heterocycles. The maximum absolute atomic E-state index is 15.1. The summed E-state index contributed by atoms with van der Waals surface area (Å²) < 4.78 is 44.9. The van der Waals surface area contributed by atoms with Gasteiger partial charge in [-0.15, -0.1) is 0 Å². The second-order valence-corrected chi connectivity index (χ2v) is 23.8. The Kier molecular flexibility index (Phi) is 26.7. The first-order valence-corrected chi connectivity index (χ1v) is 27.8. The van der Waals surface area contributed by atoms with Crippen LogP contribution in [0.2, 0.25) is 0 Å². The predicted octanol–water partition coefficient (Wildman–Crippen LogP) is 5.83. The van der Waals surface area contributed by atoms with E-state index in [2.05, 4.69) is 31.9 Å². The molecule has 25 nitrogen and oxygen atoms in total. The van der Waals surface area contributed by atoms with Gasteiger partial charge in [0.05, 0.1) is 19.7 Å². The molecular formula is C58H90N8O17. The van der Waals surface area contributed by atoms with Gasteiger partial charge in [-0.25, -0.2) is 24.0 Å². The number of rotatable bonds is 23. The number of hydrogen-bond donors (Lipinski definition) is 6. The first-order chi connectivity index (χ1) is 38.6. The SMILES string of the molecule is COCCOC(=O)[C@@H]1Cc2ccc(OCCNC(=O)OC(C)(C)C)c(c2)-c2cc(ccc2OCCNC(=O)OC(C)(C)C)[C@H](N(C)C(=O)[C@H](CCCCNC(=O)OC(C)(C)C)NC(=O)CCN(C)C(=O)OC(C)(C)C)C(=O)N[C@@H](C)C(=O)N1. The van der Waals surface area contributed by atoms with Crippen LogP contribution in [-0.4, -0.2) is 178 Å². The van der Waals surface area contributed by atoms with Gasteiger partial charge in [-0.1, -0.05) is 12.1 Å². The molecule has 0 saturated carbocycles. The van der Waals surface area contributed by atoms with E-state index < -0.39 is 101 Å². The largest absolute Gasteiger partial charge is 0.491 e. The van der Waals surface area contributed by atoms with E-state index in [4.69, 9.17) is 37.9 Å². The molecule has 4 bridgehead atoms. The Morgan fingerprint density at radius 2 is 1.16 bits per heavy atom. The highest BCUT2D eigenvalue weighted by atomic mass is 16.6. The molecule has 1 aliphatic heterocycles. The fraction of sp³-hybridized carbons (Fsp3) is 0.638. The highest BCUT2D eigenvalue weighted by molar-refractivity contribution is 5.96. The standard InChI is InChI=1S/C58H90N8O17/c1-36-47(68)64-42(50(71)79-32-31-76-16)34-37-20-22-43(77-29-26-60-52(73)81-56(5,6)7)39(33-37)40-35-38(21-23-44(40)78-30-27-61-53(74)82-57(8,9)10)46(48(69)62-36)66(15)49(70)41(19-17-18-25-59-51(72)80-55(2,3)4)63-45(67)24-28-65(14)54(75)83-58(11,12)13/h20-23,33,35-36,41-42,46H,17-19,24-32,34H2,1-16H3,(H,59,72)(H,60,73)(H,61,74)(H,62,69)(H,63,67)(H,64,68)/t36-,41-,42-,46-/m0/s1. The first kappa shape index (κ1) is 69.7. The Hall–Kier alpha value is -7.57. The van der Waals surface area contributed by atoms with Crippen molar-refractivity contribution in [2.45, 2.75) is 169 Å². The average molecular weight is 1170 g/mol. The van der Waals surface area contributed by atoms with Crippen LogP contribution in [0.4, 0.5) is 19.2 Å². The number of likely N-dealkylation sites (N-methyl/N-ethyl adjacent to an activating group) is 1. The second kappa shape index (κ2) is 31.7. The lowest BCUT2D eigenvalue weighted by atomic mass is 9.93. The molecule has 0 aromatic heterocycles. The van der Waals surface area contributed by atoms with E-state index in [0.29, 0.717) is 23.1 Å². The van der Waals surface area contributed by atoms with Gasteiger partial charge in [-0.05, 0) is 145 Å². The third-order valence-electron chi connectivity index (χ3n) is 11.6. The van der Waals surface area contributed by atoms with Crippen molar-refractivity contribution in [2.75, 3.05) is 73.8 Å². The van der Waals surface area contributed by atoms with E-state index in [9.17, 15) is 33.6 Å². The number of benzene rings is 2. The minimum Gasteiger partial charge on any atom is -0.491 e. The summed E-state index contributed by atoms with van der Waals surface area (Å²) in [6.07, 6.45) is -2.35. The Morgan fingerprint density at radius 1 is 0.639 bits per heavy atom. The normalized spacial score (nSPS) is 16.0. The van der Waals surface area contributed by atoms with Crippen LogP contribution in [0.1, 0.15) is 133 Å². The number of alkyl carbamates (subject to hydrolysis) is 3. The van der Waals surface area contributed by atoms with Gasteiger partial charge in [0, 0.05) is 58.3 Å². The van der Waals surface area contributed by atoms with Gasteiger partial charge in [-0.2, -0.15) is 0 Å². The van der Waals surface area contributed by atoms with Crippen LogP contribution in [0.3, 0.4) is 0 Å². The molecule has 25 heteroatoms. The molecule has 0 spiro atoms. The third-order valence-corrected chi connectivity index (χ3v) is 11.6. The van der Waals surface area contributed by atoms with Gasteiger partial charge in [0.2, 0.25) is 23.6 Å². The van der Waals surface area contributed by atoms with Crippen LogP contribution in [0.25, 0.3) is 11.1 Å². The molecule has 83 heavy (non-hydrogen) atoms. The molecule has 2 aromatic carbocycles. The van der Waals surface area contributed by atoms with Crippen LogP contribution >= 0.6 is 0 Å². The zero-order chi connectivity index (χ0) is 62.5. The third kappa shape index (κ3) is 26.1. The van der Waals surface area contributed by atoms with Gasteiger partial charge < -0.3 is 79.6 Å². The van der Waals surface area contributed by atoms with Gasteiger partial charge in [0.15, 0.2) is 0 Å². The molecular weight excluding hydrogens is 1080 g/mol. The van der Waals surface area contributed by atoms with E-state index in [1.54, 1.807) is 119 Å². The molecule has 1 aliphatic rings. The molecule has 8 amide bonds. The summed E-state index contributed by atoms with van der Waals surface area (Å²) in [4.78, 5) is 125. The molecule has 464 valence electrons. The molecule has 0 saturated heterocycles. The molecule has 3 rings (SSSR count). The summed E-state index contributed by atoms with van der Waals surface area (Å²) in [6, 6.07) is 4.30. The van der Waals surface area contributed by atoms with Crippen LogP contribution < -0.4 is 41.4 Å². The Labute approximate surface area is 487 Å². The number of nitrogens with zero attached hydrogens (tertiary/aromatic N) is 2. The summed E-state index contributed by atoms with van der Waals surface area (Å²) in [5, 5.41) is 16.2. The van der Waals surface area contributed by atoms with Crippen LogP contribution in [0, 0.1) is 0 Å². The number of esters is 1. The molecule has 0 aliphatic carbocycles. The number of fused-ring (bicyclic) bond motifs is 5. The number of carbonyl (C=O) groups excluding carboxylic acids is 9. The van der Waals surface area contributed by atoms with Crippen molar-refractivity contribution in [2.24, 2.45) is 0 Å². The molecule has 0 fully saturated rings. The Balaban J connectivity index is 2.26. The number of amides is 8. The Bertz CT molecular complexity index is 2550. The smallest absolute Gasteiger partial charge is 0.410 e. The van der Waals surface area contributed by atoms with Gasteiger partial charge in [0.1, 0.15) is 77.9 Å². The van der Waals surface area contributed by atoms with Crippen LogP contribution in [0.5, 0.6) is 11.5 Å². The number of nitrogens with one attached hydrogen (secondary N) is 6. The minimum absolute atomic E-state index is 0.00297. The van der Waals surface area contributed by atoms with E-state index >= 15 is 9.59 Å². The van der Waals surface area contributed by atoms with Crippen molar-refractivity contribution in [3.05, 3.63) is 47.5 Å². The van der Waals surface area contributed by atoms with Crippen molar-refractivity contribution in [3.8, 4) is 22.6 Å². The van der Waals surface area contributed by atoms with Gasteiger partial charge in [-0.3, -0.25) is 19.2 Å². The molecule has 2 aromatic rings. The van der Waals surface area contributed by atoms with Gasteiger partial charge >= 0.3 is 30.3 Å². The van der Waals surface area contributed by atoms with Crippen LogP contribution in [-0.2, 0) is 58.8 Å². The fourth-order valence-electron chi connectivity index (χ4n) is 7.89. The molecule has 0 radical (unpaired) electrons. The number of ether oxygens (including phenoxy) is 8. The van der Waals surface area contributed by atoms with Crippen molar-refractivity contribution in [1.82, 2.24) is 41.7 Å². The Morgan fingerprint density at radius 3 is 1.69 bits per heavy atom. The summed E-state index contributed by atoms with van der Waals surface area (Å²) in [5.41, 5.74) is -1.73. The molecule has 0 unspecified atom stereocenters. The maximum atomic E-state index is 15.1. The lowest BCUT2D eigenvalue weighted by Gasteiger charge is -2.33. The minimum atomic E-state index is -1.55. The van der Waals surface area contributed by atoms with E-state index in [1.807, 2.05) is 0 Å². The van der Waals surface area contributed by atoms with Crippen molar-refractivity contribution in [3.63, 3.8) is 0 Å². The zero-order valence-corrected chi connectivity index (χ0v) is 51.3. The fourth-order valence-corrected chi connectivity index (χ4v) is 7.89. The maximum Gasteiger partial charge on any atom is 0.410 e. The van der Waals surface area contributed by atoms with Crippen LogP contribution in [0.15, 0.2) is 36.4 Å². The number of carbonyl (C=O) groups is 9. The van der Waals surface area contributed by atoms with E-state index in [-0.39, 0.29) is 95.4 Å². The molecule has 6 N–H and O–H groups in total. The first-order valence-electron chi connectivity index (χ1n) is 27.8. The number of hydrogen-bond acceptors (Lipinski definition) is 17. The monoisotopic (exact) mass is 1170 g/mol. The summed E-state index contributed by atoms with van der Waals surface area (Å²) in [6.45, 7) is 21.9. The predicted molar refractivity (Wildman–Crippen MR) is 306 cm³/mol. The van der Waals surface area contributed by atoms with E-state index in [0.717, 1.165) is 4.90 Å². The average Bonchev–Trinajstić information content (AvgIpc) is 3.34. The van der Waals surface area contributed by atoms with Gasteiger partial charge in [0.25, 0.3) is 0 Å². The highest BCUT2D eigenvalue weighted by Gasteiger charge is 2.37. The molecule has 4 atom stereocenters. The lowest BCUT2D eigenvalue weighted by Crippen LogP contribution is -2.55. The lowest BCUT2D eigenvalue weighted by molar-refractivity contribution is -0.149. The topological polar surface area (TPSA) is 306 Å². The highest BCUT2D eigenvalue weighted by Crippen LogP contribution is 2.40. The second-order valence-electron chi connectivity index (χ2n) is 23.8. The number of unbranched alkanes of at least 4 members (excludes halogenated alkanes) is 1. The summed E-state index contributed by atoms with van der Waals surface area (Å²) in [5.74, 6) is -3.28.